The SMILES string of the molecule is CC(C)C(=O)Nc1ccc(Cl)c(Cl)c1.CC(C)Cc1ccccc1.CC(C)N1CCCC1.CC(C)N1CCCCC1.CC(C)NC(=O)c1ccccc1O.COc1cc(NS(=O)(=O)C(C)C)nc(C)n1.Cc1cc(-c2cccs2)n(C(C)(C)C)n1.Cc1cc(C)nc(SC(C)C)n1.Cc1cc[n+](C(C)C)cc1.Cc1ccc(N2CC(=O)N(C(C)C)C2=O)cc1C.Cc1ccn(C(C)(C)C)n1. The second-order valence-corrected chi connectivity index (χ2v) is 43.9. The maximum absolute atomic E-state index is 12.2. The molecule has 0 saturated carbocycles. The molecule has 24 nitrogen and oxygen atoms in total. The van der Waals surface area contributed by atoms with Gasteiger partial charge in [0.15, 0.2) is 23.6 Å². The fourth-order valence-electron chi connectivity index (χ4n) is 12.9. The van der Waals surface area contributed by atoms with Crippen molar-refractivity contribution in [3.8, 4) is 22.2 Å². The first kappa shape index (κ1) is 120. The highest BCUT2D eigenvalue weighted by Gasteiger charge is 2.38. The molecule has 3 aliphatic heterocycles. The number of amides is 5. The van der Waals surface area contributed by atoms with E-state index in [-0.39, 0.29) is 70.9 Å². The van der Waals surface area contributed by atoms with Crippen LogP contribution in [-0.2, 0) is 37.1 Å². The van der Waals surface area contributed by atoms with Crippen LogP contribution in [0.2, 0.25) is 10.0 Å². The van der Waals surface area contributed by atoms with Gasteiger partial charge < -0.3 is 30.3 Å². The predicted octanol–water partition coefficient (Wildman–Crippen LogP) is 24.9. The lowest BCUT2D eigenvalue weighted by Crippen LogP contribution is -2.38. The van der Waals surface area contributed by atoms with Gasteiger partial charge in [-0.15, -0.1) is 11.3 Å². The van der Waals surface area contributed by atoms with E-state index in [9.17, 15) is 32.7 Å². The van der Waals surface area contributed by atoms with E-state index in [1.54, 1.807) is 80.3 Å². The number of pyridine rings is 1. The van der Waals surface area contributed by atoms with Crippen molar-refractivity contribution in [3.05, 3.63) is 230 Å². The maximum atomic E-state index is 12.2. The number of sulfonamides is 1. The fourth-order valence-corrected chi connectivity index (χ4v) is 15.4. The molecule has 5 amide bonds. The second kappa shape index (κ2) is 59.5. The van der Waals surface area contributed by atoms with Crippen LogP contribution in [0, 0.1) is 67.2 Å². The molecule has 9 heterocycles. The largest absolute Gasteiger partial charge is 0.507 e. The molecule has 0 spiro atoms. The Morgan fingerprint density at radius 2 is 1.16 bits per heavy atom. The number of nitrogens with one attached hydrogen (secondary N) is 3. The molecule has 4 aromatic carbocycles. The van der Waals surface area contributed by atoms with Gasteiger partial charge in [-0.05, 0) is 339 Å². The van der Waals surface area contributed by atoms with Crippen molar-refractivity contribution in [3.63, 3.8) is 0 Å². The van der Waals surface area contributed by atoms with E-state index in [1.807, 2.05) is 124 Å². The number of likely N-dealkylation sites (tertiary alicyclic amines) is 2. The number of nitrogens with zero attached hydrogens (tertiary/aromatic N) is 13. The van der Waals surface area contributed by atoms with E-state index in [2.05, 4.69) is 261 Å². The Bertz CT molecular complexity index is 5250. The number of halogens is 2. The molecule has 3 aliphatic rings. The number of piperidine rings is 1. The molecule has 135 heavy (non-hydrogen) atoms. The molecule has 0 aliphatic carbocycles. The quantitative estimate of drug-likeness (QED) is 0.0269. The summed E-state index contributed by atoms with van der Waals surface area (Å²) in [6.07, 6.45) is 14.5. The van der Waals surface area contributed by atoms with E-state index in [0.29, 0.717) is 44.3 Å². The highest BCUT2D eigenvalue weighted by molar-refractivity contribution is 7.99. The third kappa shape index (κ3) is 45.9. The van der Waals surface area contributed by atoms with Crippen molar-refractivity contribution in [2.24, 2.45) is 11.8 Å². The number of thiophene rings is 1. The summed E-state index contributed by atoms with van der Waals surface area (Å²) in [5.41, 5.74) is 12.5. The van der Waals surface area contributed by atoms with Gasteiger partial charge in [-0.25, -0.2) is 32.7 Å². The summed E-state index contributed by atoms with van der Waals surface area (Å²) >= 11 is 15.0. The van der Waals surface area contributed by atoms with Crippen LogP contribution in [0.1, 0.15) is 266 Å². The lowest BCUT2D eigenvalue weighted by Gasteiger charge is -2.29. The van der Waals surface area contributed by atoms with Crippen molar-refractivity contribution in [1.82, 2.24) is 59.5 Å². The van der Waals surface area contributed by atoms with E-state index in [1.165, 1.54) is 121 Å². The second-order valence-electron chi connectivity index (χ2n) is 38.4. The molecule has 6 aromatic heterocycles. The van der Waals surface area contributed by atoms with Gasteiger partial charge in [0.2, 0.25) is 21.8 Å². The van der Waals surface area contributed by atoms with Gasteiger partial charge in [-0.2, -0.15) is 15.2 Å². The third-order valence-electron chi connectivity index (χ3n) is 20.5. The zero-order valence-electron chi connectivity index (χ0n) is 87.2. The fraction of sp³-hybridized carbons (Fsp3) is 0.519. The number of thioether (sulfide) groups is 1. The Labute approximate surface area is 828 Å². The molecule has 744 valence electrons. The number of rotatable bonds is 18. The molecule has 0 bridgehead atoms. The Balaban J connectivity index is 0.000000385. The number of para-hydroxylation sites is 1. The van der Waals surface area contributed by atoms with Crippen LogP contribution in [0.3, 0.4) is 0 Å². The predicted molar refractivity (Wildman–Crippen MR) is 565 cm³/mol. The van der Waals surface area contributed by atoms with Gasteiger partial charge in [0.05, 0.1) is 61.0 Å². The summed E-state index contributed by atoms with van der Waals surface area (Å²) in [5.74, 6) is 1.31. The molecular weight excluding hydrogens is 1790 g/mol. The van der Waals surface area contributed by atoms with Gasteiger partial charge in [0.25, 0.3) is 11.8 Å². The zero-order valence-corrected chi connectivity index (χ0v) is 91.1. The summed E-state index contributed by atoms with van der Waals surface area (Å²) in [4.78, 5) is 72.5. The summed E-state index contributed by atoms with van der Waals surface area (Å²) in [5, 5.41) is 27.6. The Hall–Kier alpha value is -9.61. The number of aromatic nitrogens is 9. The topological polar surface area (TPSA) is 272 Å². The van der Waals surface area contributed by atoms with Crippen LogP contribution in [0.25, 0.3) is 10.6 Å². The van der Waals surface area contributed by atoms with Gasteiger partial charge >= 0.3 is 6.03 Å². The normalized spacial score (nSPS) is 13.2. The summed E-state index contributed by atoms with van der Waals surface area (Å²) in [6.45, 7) is 70.7. The smallest absolute Gasteiger partial charge is 0.331 e. The number of phenolic OH excluding ortho intramolecular Hbond substituents is 1. The molecule has 0 atom stereocenters. The number of ether oxygens (including phenoxy) is 1. The highest BCUT2D eigenvalue weighted by atomic mass is 35.5. The number of benzene rings is 4. The van der Waals surface area contributed by atoms with E-state index in [4.69, 9.17) is 27.9 Å². The Morgan fingerprint density at radius 1 is 0.593 bits per heavy atom. The molecule has 0 radical (unpaired) electrons. The first-order chi connectivity index (χ1) is 63.0. The number of carbonyl (C=O) groups excluding carboxylic acids is 4. The van der Waals surface area contributed by atoms with Crippen molar-refractivity contribution < 1.29 is 42.0 Å². The highest BCUT2D eigenvalue weighted by Crippen LogP contribution is 2.32. The van der Waals surface area contributed by atoms with Gasteiger partial charge in [-0.1, -0.05) is 138 Å². The summed E-state index contributed by atoms with van der Waals surface area (Å²) < 4.78 is 36.8. The Morgan fingerprint density at radius 3 is 1.60 bits per heavy atom. The third-order valence-corrected chi connectivity index (χ3v) is 24.8. The average Bonchev–Trinajstić information content (AvgIpc) is 1.66. The molecule has 4 N–H and O–H groups in total. The van der Waals surface area contributed by atoms with Crippen LogP contribution >= 0.6 is 46.3 Å². The van der Waals surface area contributed by atoms with Crippen molar-refractivity contribution in [2.75, 3.05) is 54.8 Å². The molecule has 13 rings (SSSR count). The lowest BCUT2D eigenvalue weighted by molar-refractivity contribution is -0.716. The number of aryl methyl sites for hydroxylation is 8. The minimum atomic E-state index is -3.39. The molecule has 29 heteroatoms. The number of carbonyl (C=O) groups is 4. The number of methoxy groups -OCH3 is 1. The maximum Gasteiger partial charge on any atom is 0.331 e. The van der Waals surface area contributed by atoms with E-state index < -0.39 is 15.3 Å². The van der Waals surface area contributed by atoms with Gasteiger partial charge in [0.1, 0.15) is 23.9 Å². The average molecular weight is 1950 g/mol. The standard InChI is InChI=1S/C14H18N2O2.C12H16N2S.C10H11Cl2NO.C10H13NO2.C10H14.C9H15N3O3S.C9H14N2S.C9H14N.C8H14N2.C8H17N.C7H15N/c1-9(2)16-13(17)8-15(14(16)18)12-6-5-10(3)11(4)7-12;1-9-8-10(11-6-5-7-15-11)14(13-9)12(2,3)4;1-6(2)10(14)13-7-3-4-8(11)9(12)5-7;1-7(2)11-10(13)8-5-3-4-6-9(8)12;1-9(2)8-10-6-4-3-5-7-10;1-6(2)16(13,14)12-8-5-9(15-4)11-7(3)10-8;1-6(2)12-9-10-7(3)5-8(4)11-9;1-8(2)10-6-4-9(3)5-7-10;1-7-5-6-10(9-7)8(2,3)4;1-8(2)9-6-4-3-5-7-9;1-7(2)8-5-3-4-6-8/h5-7,9H,8H2,1-4H3;5-8H,1-4H3;3-6H,1-2H3,(H,13,14);3-7,12H,1-2H3,(H,11,13);3-7,9H,8H2,1-2H3;5-6H,1-4H3,(H,10,11,12);5-6H,1-4H3;4-8H,1-3H3;5-6H,1-4H3;8H,3-7H2,1-2H3;7H,3-6H2,1-2H3/q;;;;;;;+1;;;. The van der Waals surface area contributed by atoms with Crippen LogP contribution in [0.4, 0.5) is 22.0 Å². The number of hydrogen-bond donors (Lipinski definition) is 4. The number of phenols is 1. The number of hydrogen-bond acceptors (Lipinski definition) is 18. The van der Waals surface area contributed by atoms with Crippen LogP contribution in [0.5, 0.6) is 11.6 Å². The van der Waals surface area contributed by atoms with Gasteiger partial charge in [-0.3, -0.25) is 38.3 Å². The minimum Gasteiger partial charge on any atom is -0.507 e. The minimum absolute atomic E-state index is 0.0145. The van der Waals surface area contributed by atoms with Crippen molar-refractivity contribution >= 4 is 97.3 Å². The number of imide groups is 1. The lowest BCUT2D eigenvalue weighted by atomic mass is 10.0. The monoisotopic (exact) mass is 1950 g/mol. The first-order valence-corrected chi connectivity index (χ1v) is 51.2. The molecule has 3 fully saturated rings. The molecular formula is C106H161Cl2N16O8S3+. The summed E-state index contributed by atoms with van der Waals surface area (Å²) in [6, 6.07) is 45.8. The molecule has 0 unspecified atom stereocenters. The number of aromatic hydroxyl groups is 1. The van der Waals surface area contributed by atoms with Crippen molar-refractivity contribution in [2.45, 2.75) is 317 Å². The van der Waals surface area contributed by atoms with Crippen molar-refractivity contribution in [1.29, 1.82) is 0 Å². The zero-order chi connectivity index (χ0) is 102. The van der Waals surface area contributed by atoms with Gasteiger partial charge in [0, 0.05) is 82.5 Å². The number of urea groups is 1. The van der Waals surface area contributed by atoms with Crippen LogP contribution in [0.15, 0.2) is 169 Å². The Kier molecular flexibility index (Phi) is 52.7. The molecule has 3 saturated heterocycles. The molecule has 10 aromatic rings. The van der Waals surface area contributed by atoms with Crippen LogP contribution < -0.4 is 29.6 Å². The number of anilines is 3. The first-order valence-electron chi connectivity index (χ1n) is 47.1. The van der Waals surface area contributed by atoms with E-state index >= 15 is 0 Å². The van der Waals surface area contributed by atoms with Crippen LogP contribution in [-0.4, -0.2) is 166 Å². The van der Waals surface area contributed by atoms with E-state index in [0.717, 1.165) is 57.2 Å². The summed E-state index contributed by atoms with van der Waals surface area (Å²) in [7, 11) is -1.93.